The highest BCUT2D eigenvalue weighted by Crippen LogP contribution is 2.53. The highest BCUT2D eigenvalue weighted by Gasteiger charge is 2.61. The fourth-order valence-electron chi connectivity index (χ4n) is 3.60. The van der Waals surface area contributed by atoms with Crippen molar-refractivity contribution in [2.75, 3.05) is 0 Å². The molecule has 3 aromatic rings. The molecule has 0 atom stereocenters. The van der Waals surface area contributed by atoms with Crippen LogP contribution in [0.25, 0.3) is 0 Å². The third-order valence-electron chi connectivity index (χ3n) is 5.07. The van der Waals surface area contributed by atoms with Crippen LogP contribution in [0.5, 0.6) is 11.5 Å². The summed E-state index contributed by atoms with van der Waals surface area (Å²) in [6.07, 6.45) is -5.29. The molecule has 0 heterocycles. The summed E-state index contributed by atoms with van der Waals surface area (Å²) in [5.74, 6) is -5.43. The fraction of sp³-hybridized carbons (Fsp3) is 0.182. The third kappa shape index (κ3) is 3.26. The molecule has 0 aliphatic heterocycles. The Kier molecular flexibility index (Phi) is 5.22. The predicted octanol–water partition coefficient (Wildman–Crippen LogP) is 6.03. The van der Waals surface area contributed by atoms with E-state index in [0.717, 1.165) is 36.4 Å². The van der Waals surface area contributed by atoms with Crippen molar-refractivity contribution in [3.63, 3.8) is 0 Å². The van der Waals surface area contributed by atoms with Gasteiger partial charge < -0.3 is 10.2 Å². The standard InChI is InChI=1S/C22H16F6O2/c1-11-7-13(3-5-18(11)29)21(22(26,27)28,14-4-6-19(30)12(2)8-14)20-16(24)9-15(23)10-17(20)25/h3-10,29-30H,1-2H3. The molecule has 0 radical (unpaired) electrons. The van der Waals surface area contributed by atoms with Crippen LogP contribution in [0.4, 0.5) is 26.3 Å². The summed E-state index contributed by atoms with van der Waals surface area (Å²) in [5, 5.41) is 19.5. The van der Waals surface area contributed by atoms with Crippen molar-refractivity contribution in [2.45, 2.75) is 25.4 Å². The molecule has 30 heavy (non-hydrogen) atoms. The van der Waals surface area contributed by atoms with Crippen molar-refractivity contribution in [3.8, 4) is 11.5 Å². The van der Waals surface area contributed by atoms with Gasteiger partial charge in [0.1, 0.15) is 34.4 Å². The van der Waals surface area contributed by atoms with Crippen LogP contribution in [0.3, 0.4) is 0 Å². The SMILES string of the molecule is Cc1cc(C(c2ccc(O)c(C)c2)(c2c(F)cc(F)cc2F)C(F)(F)F)ccc1O. The van der Waals surface area contributed by atoms with E-state index in [9.17, 15) is 36.6 Å². The molecule has 8 heteroatoms. The first-order chi connectivity index (χ1) is 13.9. The average Bonchev–Trinajstić information content (AvgIpc) is 2.62. The molecule has 0 spiro atoms. The second kappa shape index (κ2) is 7.27. The predicted molar refractivity (Wildman–Crippen MR) is 97.9 cm³/mol. The Bertz CT molecular complexity index is 1050. The number of aryl methyl sites for hydroxylation is 2. The van der Waals surface area contributed by atoms with E-state index in [2.05, 4.69) is 0 Å². The molecule has 0 saturated heterocycles. The maximum absolute atomic E-state index is 14.8. The van der Waals surface area contributed by atoms with Gasteiger partial charge in [-0.05, 0) is 48.2 Å². The fourth-order valence-corrected chi connectivity index (χ4v) is 3.60. The number of aromatic hydroxyl groups is 2. The Morgan fingerprint density at radius 3 is 1.40 bits per heavy atom. The number of benzene rings is 3. The summed E-state index contributed by atoms with van der Waals surface area (Å²) in [6.45, 7) is 2.67. The largest absolute Gasteiger partial charge is 0.508 e. The summed E-state index contributed by atoms with van der Waals surface area (Å²) >= 11 is 0. The third-order valence-corrected chi connectivity index (χ3v) is 5.07. The topological polar surface area (TPSA) is 40.5 Å². The Balaban J connectivity index is 2.58. The lowest BCUT2D eigenvalue weighted by Crippen LogP contribution is -2.46. The van der Waals surface area contributed by atoms with Crippen molar-refractivity contribution in [1.82, 2.24) is 0 Å². The minimum absolute atomic E-state index is 0.0413. The lowest BCUT2D eigenvalue weighted by Gasteiger charge is -2.38. The number of halogens is 6. The first-order valence-corrected chi connectivity index (χ1v) is 8.71. The molecule has 0 aliphatic rings. The van der Waals surface area contributed by atoms with Gasteiger partial charge in [0.25, 0.3) is 0 Å². The van der Waals surface area contributed by atoms with Gasteiger partial charge in [0.15, 0.2) is 0 Å². The number of alkyl halides is 3. The minimum Gasteiger partial charge on any atom is -0.508 e. The molecular formula is C22H16F6O2. The molecular weight excluding hydrogens is 410 g/mol. The van der Waals surface area contributed by atoms with E-state index in [1.165, 1.54) is 13.8 Å². The number of hydrogen-bond acceptors (Lipinski definition) is 2. The summed E-state index contributed by atoms with van der Waals surface area (Å²) in [4.78, 5) is 0. The van der Waals surface area contributed by atoms with Crippen LogP contribution in [-0.4, -0.2) is 16.4 Å². The van der Waals surface area contributed by atoms with Crippen molar-refractivity contribution in [2.24, 2.45) is 0 Å². The highest BCUT2D eigenvalue weighted by atomic mass is 19.4. The van der Waals surface area contributed by atoms with Crippen LogP contribution in [0, 0.1) is 31.3 Å². The Hall–Kier alpha value is -3.16. The zero-order chi connectivity index (χ0) is 22.4. The summed E-state index contributed by atoms with van der Waals surface area (Å²) in [7, 11) is 0. The van der Waals surface area contributed by atoms with Crippen LogP contribution >= 0.6 is 0 Å². The molecule has 158 valence electrons. The lowest BCUT2D eigenvalue weighted by molar-refractivity contribution is -0.167. The molecule has 3 rings (SSSR count). The quantitative estimate of drug-likeness (QED) is 0.397. The molecule has 0 unspecified atom stereocenters. The molecule has 3 aromatic carbocycles. The number of rotatable bonds is 3. The van der Waals surface area contributed by atoms with Gasteiger partial charge in [0.05, 0.1) is 0 Å². The highest BCUT2D eigenvalue weighted by molar-refractivity contribution is 5.57. The summed E-state index contributed by atoms with van der Waals surface area (Å²) < 4.78 is 87.5. The normalized spacial score (nSPS) is 12.3. The van der Waals surface area contributed by atoms with E-state index in [4.69, 9.17) is 0 Å². The first-order valence-electron chi connectivity index (χ1n) is 8.71. The smallest absolute Gasteiger partial charge is 0.406 e. The van der Waals surface area contributed by atoms with E-state index in [0.29, 0.717) is 0 Å². The van der Waals surface area contributed by atoms with Gasteiger partial charge in [-0.3, -0.25) is 0 Å². The van der Waals surface area contributed by atoms with E-state index >= 15 is 0 Å². The van der Waals surface area contributed by atoms with Crippen molar-refractivity contribution < 1.29 is 36.6 Å². The van der Waals surface area contributed by atoms with Gasteiger partial charge in [-0.15, -0.1) is 0 Å². The first kappa shape index (κ1) is 21.5. The molecule has 0 fully saturated rings. The van der Waals surface area contributed by atoms with Crippen LogP contribution in [0.1, 0.15) is 27.8 Å². The van der Waals surface area contributed by atoms with Gasteiger partial charge in [-0.1, -0.05) is 24.3 Å². The molecule has 0 bridgehead atoms. The van der Waals surface area contributed by atoms with Gasteiger partial charge in [-0.25, -0.2) is 13.2 Å². The lowest BCUT2D eigenvalue weighted by atomic mass is 9.67. The Labute approximate surface area is 168 Å². The second-order valence-corrected chi connectivity index (χ2v) is 6.99. The Morgan fingerprint density at radius 1 is 0.667 bits per heavy atom. The summed E-state index contributed by atoms with van der Waals surface area (Å²) in [5.41, 5.74) is -5.88. The van der Waals surface area contributed by atoms with Crippen LogP contribution < -0.4 is 0 Å². The Morgan fingerprint density at radius 2 is 1.07 bits per heavy atom. The maximum Gasteiger partial charge on any atom is 0.406 e. The minimum atomic E-state index is -5.29. The molecule has 0 saturated carbocycles. The maximum atomic E-state index is 14.8. The number of phenolic OH excluding ortho intramolecular Hbond substituents is 2. The van der Waals surface area contributed by atoms with Crippen LogP contribution in [-0.2, 0) is 5.41 Å². The van der Waals surface area contributed by atoms with Crippen molar-refractivity contribution in [1.29, 1.82) is 0 Å². The number of hydrogen-bond donors (Lipinski definition) is 2. The second-order valence-electron chi connectivity index (χ2n) is 6.99. The van der Waals surface area contributed by atoms with Gasteiger partial charge >= 0.3 is 6.18 Å². The molecule has 2 nitrogen and oxygen atoms in total. The summed E-state index contributed by atoms with van der Waals surface area (Å²) in [6, 6.07) is 6.06. The zero-order valence-electron chi connectivity index (χ0n) is 15.8. The molecule has 0 aromatic heterocycles. The van der Waals surface area contributed by atoms with E-state index < -0.39 is 45.7 Å². The van der Waals surface area contributed by atoms with Crippen molar-refractivity contribution in [3.05, 3.63) is 93.8 Å². The molecule has 0 amide bonds. The van der Waals surface area contributed by atoms with Crippen molar-refractivity contribution >= 4 is 0 Å². The van der Waals surface area contributed by atoms with E-state index in [-0.39, 0.29) is 34.8 Å². The van der Waals surface area contributed by atoms with Gasteiger partial charge in [0, 0.05) is 17.7 Å². The van der Waals surface area contributed by atoms with E-state index in [1.54, 1.807) is 0 Å². The monoisotopic (exact) mass is 426 g/mol. The zero-order valence-corrected chi connectivity index (χ0v) is 15.8. The van der Waals surface area contributed by atoms with E-state index in [1.807, 2.05) is 0 Å². The molecule has 0 aliphatic carbocycles. The number of phenols is 2. The van der Waals surface area contributed by atoms with Gasteiger partial charge in [0.2, 0.25) is 0 Å². The van der Waals surface area contributed by atoms with Crippen LogP contribution in [0.15, 0.2) is 48.5 Å². The average molecular weight is 426 g/mol. The van der Waals surface area contributed by atoms with Gasteiger partial charge in [-0.2, -0.15) is 13.2 Å². The molecule has 2 N–H and O–H groups in total. The van der Waals surface area contributed by atoms with Crippen LogP contribution in [0.2, 0.25) is 0 Å².